The van der Waals surface area contributed by atoms with E-state index in [1.165, 1.54) is 12.1 Å². The van der Waals surface area contributed by atoms with Crippen LogP contribution in [0.4, 0.5) is 4.39 Å². The fourth-order valence-electron chi connectivity index (χ4n) is 4.32. The lowest BCUT2D eigenvalue weighted by molar-refractivity contribution is -0.139. The molecule has 2 aromatic carbocycles. The van der Waals surface area contributed by atoms with Gasteiger partial charge in [-0.2, -0.15) is 0 Å². The maximum atomic E-state index is 13.2. The zero-order valence-electron chi connectivity index (χ0n) is 20.5. The minimum absolute atomic E-state index is 0.0262. The number of piperazine rings is 1. The van der Waals surface area contributed by atoms with Crippen molar-refractivity contribution >= 4 is 34.8 Å². The van der Waals surface area contributed by atoms with E-state index in [2.05, 4.69) is 11.8 Å². The van der Waals surface area contributed by atoms with Gasteiger partial charge in [0.25, 0.3) is 5.91 Å². The van der Waals surface area contributed by atoms with Crippen LogP contribution in [0.1, 0.15) is 34.6 Å². The Morgan fingerprint density at radius 1 is 1.05 bits per heavy atom. The summed E-state index contributed by atoms with van der Waals surface area (Å²) < 4.78 is 24.9. The standard InChI is InChI=1S/C27H28ClFN2O5S/c1-17-13-31(18(2)12-30(17)14-19-3-6-22(29)7-4-19)25(32)16-36-23-8-5-21(28)11-24(23)35-15-20-9-10-37-26(20)27(33)34/h3-11,17-18H,12-16H2,1-2H3,(H,33,34). The molecule has 1 fully saturated rings. The second kappa shape index (κ2) is 11.9. The van der Waals surface area contributed by atoms with Gasteiger partial charge in [0.2, 0.25) is 0 Å². The topological polar surface area (TPSA) is 79.3 Å². The molecule has 2 unspecified atom stereocenters. The zero-order chi connectivity index (χ0) is 26.5. The molecule has 4 rings (SSSR count). The maximum Gasteiger partial charge on any atom is 0.346 e. The molecule has 1 saturated heterocycles. The monoisotopic (exact) mass is 546 g/mol. The van der Waals surface area contributed by atoms with Gasteiger partial charge in [0, 0.05) is 48.4 Å². The molecule has 0 radical (unpaired) electrons. The van der Waals surface area contributed by atoms with Crippen LogP contribution in [0.25, 0.3) is 0 Å². The van der Waals surface area contributed by atoms with E-state index in [9.17, 15) is 19.1 Å². The van der Waals surface area contributed by atoms with Crippen LogP contribution >= 0.6 is 22.9 Å². The van der Waals surface area contributed by atoms with E-state index in [0.29, 0.717) is 41.7 Å². The Bertz CT molecular complexity index is 1250. The van der Waals surface area contributed by atoms with Crippen LogP contribution in [0.15, 0.2) is 53.9 Å². The van der Waals surface area contributed by atoms with Crippen LogP contribution in [0.5, 0.6) is 11.5 Å². The molecule has 1 aliphatic heterocycles. The lowest BCUT2D eigenvalue weighted by Gasteiger charge is -2.44. The van der Waals surface area contributed by atoms with Crippen molar-refractivity contribution in [3.63, 3.8) is 0 Å². The molecule has 2 heterocycles. The average Bonchev–Trinajstić information content (AvgIpc) is 3.34. The summed E-state index contributed by atoms with van der Waals surface area (Å²) in [6, 6.07) is 13.1. The summed E-state index contributed by atoms with van der Waals surface area (Å²) in [5.41, 5.74) is 1.57. The van der Waals surface area contributed by atoms with Gasteiger partial charge in [-0.3, -0.25) is 9.69 Å². The summed E-state index contributed by atoms with van der Waals surface area (Å²) in [7, 11) is 0. The Morgan fingerprint density at radius 3 is 2.54 bits per heavy atom. The number of carboxylic acid groups (broad SMARTS) is 1. The van der Waals surface area contributed by atoms with Gasteiger partial charge in [0.1, 0.15) is 17.3 Å². The van der Waals surface area contributed by atoms with Gasteiger partial charge in [-0.15, -0.1) is 11.3 Å². The third kappa shape index (κ3) is 6.80. The minimum Gasteiger partial charge on any atom is -0.485 e. The first-order valence-electron chi connectivity index (χ1n) is 11.8. The van der Waals surface area contributed by atoms with E-state index in [1.54, 1.807) is 41.8 Å². The van der Waals surface area contributed by atoms with Crippen molar-refractivity contribution < 1.29 is 28.6 Å². The molecule has 0 bridgehead atoms. The second-order valence-electron chi connectivity index (χ2n) is 9.05. The predicted molar refractivity (Wildman–Crippen MR) is 140 cm³/mol. The van der Waals surface area contributed by atoms with E-state index < -0.39 is 5.97 Å². The summed E-state index contributed by atoms with van der Waals surface area (Å²) in [6.45, 7) is 5.84. The zero-order valence-corrected chi connectivity index (χ0v) is 22.1. The number of nitrogens with zero attached hydrogens (tertiary/aromatic N) is 2. The summed E-state index contributed by atoms with van der Waals surface area (Å²) in [5.74, 6) is -0.740. The van der Waals surface area contributed by atoms with Crippen molar-refractivity contribution in [3.05, 3.63) is 80.8 Å². The molecule has 0 aliphatic carbocycles. The average molecular weight is 547 g/mol. The van der Waals surface area contributed by atoms with Crippen molar-refractivity contribution in [3.8, 4) is 11.5 Å². The fourth-order valence-corrected chi connectivity index (χ4v) is 5.23. The SMILES string of the molecule is CC1CN(C(=O)COc2ccc(Cl)cc2OCc2ccsc2C(=O)O)C(C)CN1Cc1ccc(F)cc1. The quantitative estimate of drug-likeness (QED) is 0.391. The highest BCUT2D eigenvalue weighted by atomic mass is 35.5. The number of rotatable bonds is 9. The van der Waals surface area contributed by atoms with Gasteiger partial charge in [-0.05, 0) is 55.1 Å². The molecule has 196 valence electrons. The van der Waals surface area contributed by atoms with Crippen LogP contribution < -0.4 is 9.47 Å². The number of halogens is 2. The predicted octanol–water partition coefficient (Wildman–Crippen LogP) is 5.32. The first kappa shape index (κ1) is 26.9. The van der Waals surface area contributed by atoms with Gasteiger partial charge in [0.15, 0.2) is 18.1 Å². The minimum atomic E-state index is -1.01. The Morgan fingerprint density at radius 2 is 1.81 bits per heavy atom. The molecule has 37 heavy (non-hydrogen) atoms. The van der Waals surface area contributed by atoms with Crippen molar-refractivity contribution in [1.29, 1.82) is 0 Å². The summed E-state index contributed by atoms with van der Waals surface area (Å²) in [5, 5.41) is 11.4. The Kier molecular flexibility index (Phi) is 8.68. The molecule has 1 amide bonds. The van der Waals surface area contributed by atoms with Crippen LogP contribution in [-0.4, -0.2) is 58.6 Å². The summed E-state index contributed by atoms with van der Waals surface area (Å²) >= 11 is 7.26. The van der Waals surface area contributed by atoms with Gasteiger partial charge in [-0.1, -0.05) is 23.7 Å². The number of carboxylic acids is 1. The molecule has 1 aromatic heterocycles. The number of hydrogen-bond donors (Lipinski definition) is 1. The molecule has 0 spiro atoms. The molecule has 1 aliphatic rings. The number of aromatic carboxylic acids is 1. The summed E-state index contributed by atoms with van der Waals surface area (Å²) in [4.78, 5) is 28.8. The van der Waals surface area contributed by atoms with Gasteiger partial charge < -0.3 is 19.5 Å². The number of amides is 1. The largest absolute Gasteiger partial charge is 0.485 e. The van der Waals surface area contributed by atoms with E-state index in [0.717, 1.165) is 16.9 Å². The molecule has 2 atom stereocenters. The van der Waals surface area contributed by atoms with E-state index in [-0.39, 0.29) is 41.9 Å². The van der Waals surface area contributed by atoms with Crippen molar-refractivity contribution in [2.24, 2.45) is 0 Å². The van der Waals surface area contributed by atoms with E-state index >= 15 is 0 Å². The Balaban J connectivity index is 1.35. The number of benzene rings is 2. The van der Waals surface area contributed by atoms with Crippen molar-refractivity contribution in [2.45, 2.75) is 39.1 Å². The number of thiophene rings is 1. The maximum absolute atomic E-state index is 13.2. The number of ether oxygens (including phenoxy) is 2. The number of carbonyl (C=O) groups is 2. The van der Waals surface area contributed by atoms with Crippen LogP contribution in [0.3, 0.4) is 0 Å². The first-order chi connectivity index (χ1) is 17.7. The first-order valence-corrected chi connectivity index (χ1v) is 13.1. The van der Waals surface area contributed by atoms with Gasteiger partial charge in [0.05, 0.1) is 0 Å². The Labute approximate surface area is 224 Å². The highest BCUT2D eigenvalue weighted by molar-refractivity contribution is 7.12. The highest BCUT2D eigenvalue weighted by Gasteiger charge is 2.32. The molecule has 0 saturated carbocycles. The molecule has 1 N–H and O–H groups in total. The number of carbonyl (C=O) groups excluding carboxylic acids is 1. The smallest absolute Gasteiger partial charge is 0.346 e. The fraction of sp³-hybridized carbons (Fsp3) is 0.333. The van der Waals surface area contributed by atoms with Crippen molar-refractivity contribution in [1.82, 2.24) is 9.80 Å². The van der Waals surface area contributed by atoms with E-state index in [4.69, 9.17) is 21.1 Å². The van der Waals surface area contributed by atoms with E-state index in [1.807, 2.05) is 11.8 Å². The summed E-state index contributed by atoms with van der Waals surface area (Å²) in [6.07, 6.45) is 0. The third-order valence-electron chi connectivity index (χ3n) is 6.32. The van der Waals surface area contributed by atoms with Gasteiger partial charge in [-0.25, -0.2) is 9.18 Å². The van der Waals surface area contributed by atoms with Crippen molar-refractivity contribution in [2.75, 3.05) is 19.7 Å². The molecule has 7 nitrogen and oxygen atoms in total. The normalized spacial score (nSPS) is 18.0. The highest BCUT2D eigenvalue weighted by Crippen LogP contribution is 2.32. The van der Waals surface area contributed by atoms with Crippen LogP contribution in [0.2, 0.25) is 5.02 Å². The van der Waals surface area contributed by atoms with Crippen LogP contribution in [0, 0.1) is 5.82 Å². The lowest BCUT2D eigenvalue weighted by Crippen LogP contribution is -2.58. The molecule has 10 heteroatoms. The van der Waals surface area contributed by atoms with Gasteiger partial charge >= 0.3 is 5.97 Å². The molecule has 3 aromatic rings. The second-order valence-corrected chi connectivity index (χ2v) is 10.4. The number of hydrogen-bond acceptors (Lipinski definition) is 6. The van der Waals surface area contributed by atoms with Crippen LogP contribution in [-0.2, 0) is 17.9 Å². The molecular weight excluding hydrogens is 519 g/mol. The Hall–Kier alpha value is -3.14. The lowest BCUT2D eigenvalue weighted by atomic mass is 10.1. The molecular formula is C27H28ClFN2O5S. The third-order valence-corrected chi connectivity index (χ3v) is 7.50.